The first-order chi connectivity index (χ1) is 17.5. The van der Waals surface area contributed by atoms with E-state index in [9.17, 15) is 9.50 Å². The fraction of sp³-hybridized carbons (Fsp3) is 0.500. The van der Waals surface area contributed by atoms with E-state index in [1.54, 1.807) is 12.1 Å². The van der Waals surface area contributed by atoms with Crippen LogP contribution in [0.2, 0.25) is 0 Å². The van der Waals surface area contributed by atoms with Gasteiger partial charge in [-0.05, 0) is 48.6 Å². The minimum absolute atomic E-state index is 0.115. The number of halogens is 1. The molecule has 1 unspecified atom stereocenters. The van der Waals surface area contributed by atoms with Gasteiger partial charge in [0, 0.05) is 24.8 Å². The van der Waals surface area contributed by atoms with Gasteiger partial charge in [0.15, 0.2) is 11.9 Å². The second kappa shape index (κ2) is 9.64. The maximum atomic E-state index is 13.3. The van der Waals surface area contributed by atoms with Crippen molar-refractivity contribution in [1.82, 2.24) is 5.16 Å². The van der Waals surface area contributed by atoms with E-state index in [1.165, 1.54) is 18.6 Å². The Hall–Kier alpha value is -2.70. The van der Waals surface area contributed by atoms with Gasteiger partial charge < -0.3 is 18.8 Å². The van der Waals surface area contributed by atoms with E-state index in [-0.39, 0.29) is 17.8 Å². The van der Waals surface area contributed by atoms with Crippen LogP contribution >= 0.6 is 0 Å². The summed E-state index contributed by atoms with van der Waals surface area (Å²) in [5, 5.41) is 16.7. The third-order valence-corrected chi connectivity index (χ3v) is 8.99. The Bertz CT molecular complexity index is 1150. The van der Waals surface area contributed by atoms with Crippen LogP contribution in [-0.4, -0.2) is 40.5 Å². The minimum atomic E-state index is -1.13. The quantitative estimate of drug-likeness (QED) is 0.423. The largest absolute Gasteiger partial charge is 0.484 e. The number of benzene rings is 2. The molecule has 1 N–H and O–H groups in total. The minimum Gasteiger partial charge on any atom is -0.484 e. The zero-order valence-corrected chi connectivity index (χ0v) is 20.8. The van der Waals surface area contributed by atoms with Crippen molar-refractivity contribution in [3.63, 3.8) is 0 Å². The number of nitrogens with zero attached hydrogens (tertiary/aromatic N) is 2. The van der Waals surface area contributed by atoms with Crippen LogP contribution in [0.25, 0.3) is 0 Å². The molecule has 1 aliphatic carbocycles. The molecule has 2 atom stereocenters. The summed E-state index contributed by atoms with van der Waals surface area (Å²) in [7, 11) is 0. The number of quaternary nitrogens is 1. The van der Waals surface area contributed by atoms with Gasteiger partial charge in [0.2, 0.25) is 0 Å². The zero-order chi connectivity index (χ0) is 24.6. The lowest BCUT2D eigenvalue weighted by atomic mass is 9.71. The topological polar surface area (TPSA) is 55.5 Å². The van der Waals surface area contributed by atoms with Crippen molar-refractivity contribution in [2.45, 2.75) is 63.2 Å². The van der Waals surface area contributed by atoms with Crippen LogP contribution in [0.4, 0.5) is 4.39 Å². The fourth-order valence-electron chi connectivity index (χ4n) is 6.97. The molecule has 3 aliphatic heterocycles. The molecule has 0 spiro atoms. The van der Waals surface area contributed by atoms with E-state index < -0.39 is 5.60 Å². The Balaban J connectivity index is 1.23. The second-order valence-electron chi connectivity index (χ2n) is 11.2. The highest BCUT2D eigenvalue weighted by Gasteiger charge is 2.48. The van der Waals surface area contributed by atoms with Crippen LogP contribution in [0.5, 0.6) is 5.75 Å². The summed E-state index contributed by atoms with van der Waals surface area (Å²) in [5.74, 6) is 1.99. The van der Waals surface area contributed by atoms with Crippen molar-refractivity contribution in [1.29, 1.82) is 0 Å². The number of rotatable bonds is 7. The van der Waals surface area contributed by atoms with Gasteiger partial charge in [0.05, 0.1) is 13.1 Å². The van der Waals surface area contributed by atoms with E-state index in [4.69, 9.17) is 9.26 Å². The predicted molar refractivity (Wildman–Crippen MR) is 135 cm³/mol. The molecule has 7 rings (SSSR count). The van der Waals surface area contributed by atoms with E-state index in [1.807, 2.05) is 36.4 Å². The molecule has 4 fully saturated rings. The lowest BCUT2D eigenvalue weighted by molar-refractivity contribution is -0.959. The summed E-state index contributed by atoms with van der Waals surface area (Å²) in [4.78, 5) is 0. The SMILES string of the molecule is OC(c1ccccc1)(c1cc(C[N+]23CCC(CC2)[C@@H](Oc2ccc(F)cc2)C3)on1)C1CCCCC1. The summed E-state index contributed by atoms with van der Waals surface area (Å²) in [6, 6.07) is 18.3. The summed E-state index contributed by atoms with van der Waals surface area (Å²) in [6.45, 7) is 3.84. The van der Waals surface area contributed by atoms with Crippen molar-refractivity contribution in [3.8, 4) is 5.75 Å². The maximum absolute atomic E-state index is 13.3. The lowest BCUT2D eigenvalue weighted by Crippen LogP contribution is -2.64. The molecule has 1 saturated carbocycles. The first-order valence-corrected chi connectivity index (χ1v) is 13.6. The van der Waals surface area contributed by atoms with Crippen LogP contribution in [-0.2, 0) is 12.1 Å². The van der Waals surface area contributed by atoms with E-state index in [0.29, 0.717) is 11.6 Å². The monoisotopic (exact) mass is 491 g/mol. The van der Waals surface area contributed by atoms with Crippen molar-refractivity contribution < 1.29 is 23.2 Å². The molecule has 3 saturated heterocycles. The third-order valence-electron chi connectivity index (χ3n) is 8.99. The van der Waals surface area contributed by atoms with Gasteiger partial charge in [-0.2, -0.15) is 0 Å². The first kappa shape index (κ1) is 23.7. The van der Waals surface area contributed by atoms with Gasteiger partial charge >= 0.3 is 0 Å². The first-order valence-electron chi connectivity index (χ1n) is 13.6. The van der Waals surface area contributed by atoms with Crippen molar-refractivity contribution in [3.05, 3.63) is 83.5 Å². The third kappa shape index (κ3) is 4.46. The molecule has 4 aliphatic rings. The summed E-state index contributed by atoms with van der Waals surface area (Å²) in [5.41, 5.74) is 0.405. The molecule has 0 amide bonds. The Morgan fingerprint density at radius 1 is 0.972 bits per heavy atom. The summed E-state index contributed by atoms with van der Waals surface area (Å²) < 4.78 is 26.5. The normalized spacial score (nSPS) is 28.1. The molecule has 5 nitrogen and oxygen atoms in total. The van der Waals surface area contributed by atoms with Gasteiger partial charge in [-0.25, -0.2) is 4.39 Å². The van der Waals surface area contributed by atoms with Crippen LogP contribution in [0, 0.1) is 17.7 Å². The predicted octanol–water partition coefficient (Wildman–Crippen LogP) is 5.82. The Morgan fingerprint density at radius 3 is 2.42 bits per heavy atom. The fourth-order valence-corrected chi connectivity index (χ4v) is 6.97. The standard InChI is InChI=1S/C30H36FN2O3/c31-25-11-13-26(14-12-25)35-28-21-33(17-15-22(28)16-18-33)20-27-19-29(32-36-27)30(34,23-7-3-1-4-8-23)24-9-5-2-6-10-24/h1,3-4,7-8,11-14,19,22,24,28,34H,2,5-6,9-10,15-18,20-21H2/q+1/t22?,28-,30?,33?/m0/s1. The van der Waals surface area contributed by atoms with Gasteiger partial charge in [0.1, 0.15) is 36.0 Å². The van der Waals surface area contributed by atoms with Crippen molar-refractivity contribution >= 4 is 0 Å². The van der Waals surface area contributed by atoms with E-state index in [2.05, 4.69) is 5.16 Å². The lowest BCUT2D eigenvalue weighted by Gasteiger charge is -2.51. The number of piperidine rings is 3. The Labute approximate surface area is 212 Å². The zero-order valence-electron chi connectivity index (χ0n) is 20.8. The van der Waals surface area contributed by atoms with Crippen molar-refractivity contribution in [2.24, 2.45) is 11.8 Å². The summed E-state index contributed by atoms with van der Waals surface area (Å²) >= 11 is 0. The molecule has 4 heterocycles. The van der Waals surface area contributed by atoms with Gasteiger partial charge in [-0.3, -0.25) is 0 Å². The Morgan fingerprint density at radius 2 is 1.69 bits per heavy atom. The number of aliphatic hydroxyl groups is 1. The molecular weight excluding hydrogens is 455 g/mol. The van der Waals surface area contributed by atoms with Crippen LogP contribution < -0.4 is 4.74 Å². The van der Waals surface area contributed by atoms with Crippen LogP contribution in [0.3, 0.4) is 0 Å². The van der Waals surface area contributed by atoms with Gasteiger partial charge in [-0.1, -0.05) is 54.8 Å². The average Bonchev–Trinajstić information content (AvgIpc) is 3.39. The molecule has 3 aromatic rings. The second-order valence-corrected chi connectivity index (χ2v) is 11.2. The van der Waals surface area contributed by atoms with Crippen LogP contribution in [0.1, 0.15) is 62.0 Å². The van der Waals surface area contributed by atoms with E-state index in [0.717, 1.165) is 86.3 Å². The van der Waals surface area contributed by atoms with E-state index >= 15 is 0 Å². The molecular formula is C30H36FN2O3+. The van der Waals surface area contributed by atoms with Gasteiger partial charge in [-0.15, -0.1) is 0 Å². The molecule has 1 aromatic heterocycles. The highest BCUT2D eigenvalue weighted by molar-refractivity contribution is 5.33. The van der Waals surface area contributed by atoms with Crippen LogP contribution in [0.15, 0.2) is 65.2 Å². The molecule has 190 valence electrons. The van der Waals surface area contributed by atoms with Crippen molar-refractivity contribution in [2.75, 3.05) is 19.6 Å². The number of hydrogen-bond donors (Lipinski definition) is 1. The highest BCUT2D eigenvalue weighted by Crippen LogP contribution is 2.44. The molecule has 36 heavy (non-hydrogen) atoms. The number of fused-ring (bicyclic) bond motifs is 3. The Kier molecular flexibility index (Phi) is 6.34. The number of hydrogen-bond acceptors (Lipinski definition) is 4. The molecule has 2 aromatic carbocycles. The summed E-state index contributed by atoms with van der Waals surface area (Å²) in [6.07, 6.45) is 7.85. The maximum Gasteiger partial charge on any atom is 0.191 e. The molecule has 0 radical (unpaired) electrons. The molecule has 6 heteroatoms. The average molecular weight is 492 g/mol. The smallest absolute Gasteiger partial charge is 0.191 e. The number of ether oxygens (including phenoxy) is 1. The van der Waals surface area contributed by atoms with Gasteiger partial charge in [0.25, 0.3) is 0 Å². The molecule has 2 bridgehead atoms. The highest BCUT2D eigenvalue weighted by atomic mass is 19.1. The number of aromatic nitrogens is 1.